The fourth-order valence-corrected chi connectivity index (χ4v) is 1.29. The summed E-state index contributed by atoms with van der Waals surface area (Å²) in [6.07, 6.45) is 7.27. The lowest BCUT2D eigenvalue weighted by molar-refractivity contribution is -0.153. The molecule has 7 heteroatoms. The number of carbonyl (C=O) groups is 4. The molecule has 0 N–H and O–H groups in total. The number of unbranched alkanes of at least 4 members (excludes halogenated alkanes) is 3. The summed E-state index contributed by atoms with van der Waals surface area (Å²) in [5.41, 5.74) is 0. The second-order valence-electron chi connectivity index (χ2n) is 4.91. The molecule has 0 radical (unpaired) electrons. The third-order valence-electron chi connectivity index (χ3n) is 2.62. The lowest BCUT2D eigenvalue weighted by atomic mass is 10.2. The van der Waals surface area contributed by atoms with Gasteiger partial charge in [-0.15, -0.1) is 6.58 Å². The Bertz CT molecular complexity index is 441. The number of esters is 2. The molecule has 0 aromatic carbocycles. The molecule has 0 rings (SSSR count). The lowest BCUT2D eigenvalue weighted by Gasteiger charge is -2.02. The highest BCUT2D eigenvalue weighted by atomic mass is 16.5. The monoisotopic (exact) mass is 372 g/mol. The van der Waals surface area contributed by atoms with Crippen LogP contribution in [0.3, 0.4) is 0 Å². The van der Waals surface area contributed by atoms with Crippen molar-refractivity contribution < 1.29 is 33.4 Å². The van der Waals surface area contributed by atoms with Gasteiger partial charge in [-0.25, -0.2) is 9.59 Å². The summed E-state index contributed by atoms with van der Waals surface area (Å²) in [4.78, 5) is 42.0. The highest BCUT2D eigenvalue weighted by molar-refractivity contribution is 6.32. The number of ketones is 2. The largest absolute Gasteiger partial charge is 0.502 e. The first-order valence-corrected chi connectivity index (χ1v) is 8.05. The Morgan fingerprint density at radius 2 is 1.19 bits per heavy atom. The topological polar surface area (TPSA) is 96.0 Å². The molecule has 0 spiro atoms. The smallest absolute Gasteiger partial charge is 0.374 e. The van der Waals surface area contributed by atoms with Gasteiger partial charge in [-0.2, -0.15) is 0 Å². The molecule has 0 bridgehead atoms. The van der Waals surface area contributed by atoms with Crippen molar-refractivity contribution in [3.8, 4) is 0 Å². The quantitative estimate of drug-likeness (QED) is 0.161. The minimum Gasteiger partial charge on any atom is -0.502 e. The van der Waals surface area contributed by atoms with Crippen LogP contribution in [0.15, 0.2) is 25.5 Å². The van der Waals surface area contributed by atoms with Gasteiger partial charge in [0.2, 0.25) is 11.6 Å². The van der Waals surface area contributed by atoms with E-state index in [1.165, 1.54) is 20.1 Å². The number of hydrogen-bond acceptors (Lipinski definition) is 7. The summed E-state index contributed by atoms with van der Waals surface area (Å²) in [7, 11) is 0. The minimum absolute atomic E-state index is 0. The maximum absolute atomic E-state index is 10.6. The molecule has 0 aliphatic carbocycles. The van der Waals surface area contributed by atoms with Crippen LogP contribution in [0.25, 0.3) is 0 Å². The van der Waals surface area contributed by atoms with Crippen LogP contribution < -0.4 is 0 Å². The van der Waals surface area contributed by atoms with Crippen LogP contribution in [-0.2, 0) is 33.4 Å². The maximum Gasteiger partial charge on any atom is 0.374 e. The van der Waals surface area contributed by atoms with Gasteiger partial charge in [0.15, 0.2) is 0 Å². The van der Waals surface area contributed by atoms with E-state index in [-0.39, 0.29) is 14.0 Å². The molecule has 0 amide bonds. The van der Waals surface area contributed by atoms with Gasteiger partial charge in [-0.3, -0.25) is 9.59 Å². The van der Waals surface area contributed by atoms with Crippen molar-refractivity contribution in [2.45, 2.75) is 53.4 Å². The van der Waals surface area contributed by atoms with Crippen LogP contribution >= 0.6 is 0 Å². The maximum atomic E-state index is 10.6. The predicted octanol–water partition coefficient (Wildman–Crippen LogP) is 3.17. The van der Waals surface area contributed by atoms with E-state index in [2.05, 4.69) is 22.6 Å². The summed E-state index contributed by atoms with van der Waals surface area (Å²) in [6.45, 7) is 10.5. The van der Waals surface area contributed by atoms with Crippen LogP contribution in [-0.4, -0.2) is 43.3 Å². The molecule has 26 heavy (non-hydrogen) atoms. The molecule has 0 atom stereocenters. The molecule has 150 valence electrons. The van der Waals surface area contributed by atoms with E-state index < -0.39 is 23.5 Å². The second kappa shape index (κ2) is 20.6. The van der Waals surface area contributed by atoms with E-state index in [9.17, 15) is 19.2 Å². The first kappa shape index (κ1) is 28.4. The van der Waals surface area contributed by atoms with Crippen molar-refractivity contribution in [1.29, 1.82) is 0 Å². The first-order chi connectivity index (χ1) is 11.9. The van der Waals surface area contributed by atoms with Gasteiger partial charge in [0.25, 0.3) is 0 Å². The molecule has 0 aliphatic rings. The van der Waals surface area contributed by atoms with Crippen molar-refractivity contribution in [3.63, 3.8) is 0 Å². The number of Topliss-reactive ketones (excluding diaryl/α,β-unsaturated/α-hetero) is 2. The van der Waals surface area contributed by atoms with Gasteiger partial charge in [0.05, 0.1) is 26.1 Å². The van der Waals surface area contributed by atoms with E-state index in [1.54, 1.807) is 0 Å². The van der Waals surface area contributed by atoms with Gasteiger partial charge in [-0.05, 0) is 32.1 Å². The summed E-state index contributed by atoms with van der Waals surface area (Å²) in [5.74, 6) is -2.63. The van der Waals surface area contributed by atoms with Crippen molar-refractivity contribution in [1.82, 2.24) is 0 Å². The summed E-state index contributed by atoms with van der Waals surface area (Å²) < 4.78 is 14.1. The van der Waals surface area contributed by atoms with Gasteiger partial charge in [0.1, 0.15) is 0 Å². The van der Waals surface area contributed by atoms with Gasteiger partial charge >= 0.3 is 11.9 Å². The summed E-state index contributed by atoms with van der Waals surface area (Å²) in [6, 6.07) is 0. The Morgan fingerprint density at radius 3 is 1.58 bits per heavy atom. The minimum atomic E-state index is -0.773. The number of rotatable bonds is 13. The average Bonchev–Trinajstić information content (AvgIpc) is 2.57. The molecule has 0 unspecified atom stereocenters. The number of allylic oxidation sites excluding steroid dienone is 1. The van der Waals surface area contributed by atoms with Gasteiger partial charge in [-0.1, -0.05) is 20.1 Å². The molecule has 0 heterocycles. The molecule has 0 aromatic rings. The lowest BCUT2D eigenvalue weighted by Crippen LogP contribution is -2.14. The number of carbonyl (C=O) groups excluding carboxylic acids is 4. The molecular formula is C19H32O7. The normalized spacial score (nSPS) is 8.69. The molecule has 0 aromatic heterocycles. The summed E-state index contributed by atoms with van der Waals surface area (Å²) in [5, 5.41) is 0. The zero-order valence-corrected chi connectivity index (χ0v) is 15.1. The zero-order valence-electron chi connectivity index (χ0n) is 15.1. The second-order valence-corrected chi connectivity index (χ2v) is 4.91. The van der Waals surface area contributed by atoms with Crippen LogP contribution in [0.2, 0.25) is 0 Å². The van der Waals surface area contributed by atoms with Crippen LogP contribution in [0.1, 0.15) is 53.4 Å². The molecule has 0 aliphatic heterocycles. The van der Waals surface area contributed by atoms with E-state index in [0.29, 0.717) is 19.6 Å². The fraction of sp³-hybridized carbons (Fsp3) is 0.579. The predicted molar refractivity (Wildman–Crippen MR) is 99.4 cm³/mol. The van der Waals surface area contributed by atoms with Crippen LogP contribution in [0, 0.1) is 0 Å². The van der Waals surface area contributed by atoms with Crippen LogP contribution in [0.4, 0.5) is 0 Å². The average molecular weight is 372 g/mol. The van der Waals surface area contributed by atoms with Crippen molar-refractivity contribution in [2.24, 2.45) is 0 Å². The zero-order chi connectivity index (χ0) is 19.5. The van der Waals surface area contributed by atoms with Gasteiger partial charge in [0, 0.05) is 13.8 Å². The fourth-order valence-electron chi connectivity index (χ4n) is 1.29. The third kappa shape index (κ3) is 21.6. The molecule has 0 saturated heterocycles. The number of hydrogen-bond donors (Lipinski definition) is 0. The van der Waals surface area contributed by atoms with Crippen LogP contribution in [0.5, 0.6) is 0 Å². The van der Waals surface area contributed by atoms with E-state index in [1.807, 2.05) is 6.08 Å². The Balaban J connectivity index is -0.000000393. The molecular weight excluding hydrogens is 340 g/mol. The number of ether oxygens (including phenoxy) is 3. The molecule has 7 nitrogen and oxygen atoms in total. The Kier molecular flexibility index (Phi) is 22.5. The first-order valence-electron chi connectivity index (χ1n) is 8.05. The standard InChI is InChI=1S/C9H14O4.C9H14O3.CH4/c1-3-12-6-4-5-7-13-9(11)8(2)10;1-3-4-5-6-7-12-9(11)8(2)10;/h3H,1,4-7H2,2H3;3H,1,4-7H2,2H3;1H4. The Hall–Kier alpha value is -2.44. The highest BCUT2D eigenvalue weighted by Gasteiger charge is 2.07. The van der Waals surface area contributed by atoms with E-state index >= 15 is 0 Å². The summed E-state index contributed by atoms with van der Waals surface area (Å²) >= 11 is 0. The Labute approximate surface area is 156 Å². The van der Waals surface area contributed by atoms with E-state index in [0.717, 1.165) is 25.7 Å². The van der Waals surface area contributed by atoms with E-state index in [4.69, 9.17) is 4.74 Å². The SMILES string of the molecule is C.C=CCCCCOC(=O)C(C)=O.C=COCCCCOC(=O)C(C)=O. The molecule has 0 saturated carbocycles. The van der Waals surface area contributed by atoms with Crippen molar-refractivity contribution in [2.75, 3.05) is 19.8 Å². The van der Waals surface area contributed by atoms with Crippen molar-refractivity contribution in [3.05, 3.63) is 25.5 Å². The highest BCUT2D eigenvalue weighted by Crippen LogP contribution is 1.96. The van der Waals surface area contributed by atoms with Gasteiger partial charge < -0.3 is 14.2 Å². The van der Waals surface area contributed by atoms with Crippen molar-refractivity contribution >= 4 is 23.5 Å². The molecule has 0 fully saturated rings. The Morgan fingerprint density at radius 1 is 0.769 bits per heavy atom. The third-order valence-corrected chi connectivity index (χ3v) is 2.62.